The van der Waals surface area contributed by atoms with E-state index in [1.807, 2.05) is 36.4 Å². The maximum atomic E-state index is 12.8. The van der Waals surface area contributed by atoms with Gasteiger partial charge in [0.1, 0.15) is 69.0 Å². The van der Waals surface area contributed by atoms with Gasteiger partial charge in [-0.3, -0.25) is 0 Å². The highest BCUT2D eigenvalue weighted by molar-refractivity contribution is 5.72. The third-order valence-electron chi connectivity index (χ3n) is 22.4. The fourth-order valence-electron chi connectivity index (χ4n) is 15.6. The van der Waals surface area contributed by atoms with Crippen LogP contribution in [0.1, 0.15) is 339 Å². The van der Waals surface area contributed by atoms with Crippen LogP contribution in [0.3, 0.4) is 0 Å². The summed E-state index contributed by atoms with van der Waals surface area (Å²) in [5.41, 5.74) is 5.90. The van der Waals surface area contributed by atoms with Crippen molar-refractivity contribution in [3.8, 4) is 69.0 Å². The van der Waals surface area contributed by atoms with E-state index in [9.17, 15) is 59.4 Å². The number of ether oxygens (including phenoxy) is 12. The molecule has 0 saturated carbocycles. The van der Waals surface area contributed by atoms with E-state index < -0.39 is 75.5 Å². The average molecular weight is 1750 g/mol. The lowest BCUT2D eigenvalue weighted by molar-refractivity contribution is -0.140. The summed E-state index contributed by atoms with van der Waals surface area (Å²) in [5, 5.41) is 62.7. The number of unbranched alkanes of at least 4 members (excludes halogenated alkanes) is 30. The molecule has 0 aromatic heterocycles. The van der Waals surface area contributed by atoms with E-state index in [4.69, 9.17) is 56.8 Å². The topological polar surface area (TPSA) is 335 Å². The van der Waals surface area contributed by atoms with E-state index in [-0.39, 0.29) is 113 Å². The van der Waals surface area contributed by atoms with Gasteiger partial charge >= 0.3 is 35.8 Å². The molecule has 16 aliphatic carbocycles. The van der Waals surface area contributed by atoms with E-state index in [0.29, 0.717) is 140 Å². The van der Waals surface area contributed by atoms with Crippen LogP contribution in [0.2, 0.25) is 0 Å². The third-order valence-corrected chi connectivity index (χ3v) is 22.4. The Morgan fingerprint density at radius 1 is 0.175 bits per heavy atom. The minimum Gasteiger partial charge on any atom is -0.493 e. The molecular weight excluding hydrogens is 1610 g/mol. The zero-order valence-corrected chi connectivity index (χ0v) is 76.1. The van der Waals surface area contributed by atoms with Crippen LogP contribution in [0.25, 0.3) is 0 Å². The van der Waals surface area contributed by atoms with E-state index in [2.05, 4.69) is 41.5 Å². The molecule has 0 atom stereocenters. The summed E-state index contributed by atoms with van der Waals surface area (Å²) in [7, 11) is 0. The summed E-state index contributed by atoms with van der Waals surface area (Å²) < 4.78 is 79.8. The van der Waals surface area contributed by atoms with Crippen LogP contribution in [-0.4, -0.2) is 146 Å². The quantitative estimate of drug-likeness (QED) is 0.0193. The Morgan fingerprint density at radius 3 is 0.389 bits per heavy atom. The Hall–Kier alpha value is -10.3. The Balaban J connectivity index is 1.64. The number of carbonyl (C=O) groups is 6. The second-order valence-corrected chi connectivity index (χ2v) is 33.3. The van der Waals surface area contributed by atoms with Crippen molar-refractivity contribution in [3.63, 3.8) is 0 Å². The first-order valence-corrected chi connectivity index (χ1v) is 47.0. The molecule has 12 bridgehead atoms. The van der Waals surface area contributed by atoms with Gasteiger partial charge in [-0.1, -0.05) is 234 Å². The minimum atomic E-state index is -1.26. The summed E-state index contributed by atoms with van der Waals surface area (Å²) in [6.07, 6.45) is 34.5. The molecule has 0 heterocycles. The molecule has 0 saturated heterocycles. The molecule has 6 aromatic carbocycles. The van der Waals surface area contributed by atoms with Gasteiger partial charge in [0.15, 0.2) is 39.6 Å². The van der Waals surface area contributed by atoms with Gasteiger partial charge in [0.25, 0.3) is 0 Å². The van der Waals surface area contributed by atoms with Gasteiger partial charge in [0.05, 0.1) is 39.6 Å². The molecular formula is C102H144O24. The number of aliphatic carboxylic acids is 6. The van der Waals surface area contributed by atoms with Crippen molar-refractivity contribution in [1.29, 1.82) is 0 Å². The lowest BCUT2D eigenvalue weighted by Gasteiger charge is -2.23. The normalized spacial score (nSPS) is 11.9. The Bertz CT molecular complexity index is 3590. The van der Waals surface area contributed by atoms with Crippen molar-refractivity contribution in [2.75, 3.05) is 79.3 Å². The van der Waals surface area contributed by atoms with Crippen molar-refractivity contribution in [2.45, 2.75) is 311 Å². The van der Waals surface area contributed by atoms with Crippen LogP contribution >= 0.6 is 0 Å². The zero-order valence-electron chi connectivity index (χ0n) is 76.1. The molecule has 16 aliphatic rings. The number of hydrogen-bond acceptors (Lipinski definition) is 18. The molecule has 696 valence electrons. The molecule has 6 N–H and O–H groups in total. The second kappa shape index (κ2) is 59.7. The van der Waals surface area contributed by atoms with E-state index >= 15 is 0 Å². The molecule has 126 heavy (non-hydrogen) atoms. The SMILES string of the molecule is CCCCCCCCOc1cc2c(OCC(=O)O)cc1Cc1cc(OCCCCCCCC)c(cc1OCC(=O)O)Cc1cc(OCCCCCCCC)c(cc1OCC(=O)O)Cc1cc(OCCCCCCCC)c(cc1OCC(=O)O)Cc1cc(OCCCCCCCC)c(cc1OCC(=O)O)Cc1cc(OCCCCCCCC)c(cc1OCC(=O)O)C2. The Labute approximate surface area is 747 Å². The van der Waals surface area contributed by atoms with Crippen molar-refractivity contribution < 1.29 is 116 Å². The predicted octanol–water partition coefficient (Wildman–Crippen LogP) is 22.8. The fraction of sp³-hybridized carbons (Fsp3) is 0.588. The largest absolute Gasteiger partial charge is 0.493 e. The number of hydrogen-bond donors (Lipinski definition) is 6. The third kappa shape index (κ3) is 38.5. The average Bonchev–Trinajstić information content (AvgIpc) is 0.782. The molecule has 0 unspecified atom stereocenters. The summed E-state index contributed by atoms with van der Waals surface area (Å²) in [6.45, 7) is 10.1. The van der Waals surface area contributed by atoms with Gasteiger partial charge in [-0.05, 0) is 111 Å². The van der Waals surface area contributed by atoms with Crippen LogP contribution in [0.15, 0.2) is 72.8 Å². The van der Waals surface area contributed by atoms with Gasteiger partial charge in [-0.2, -0.15) is 0 Å². The fourth-order valence-corrected chi connectivity index (χ4v) is 15.6. The number of carboxylic acids is 6. The molecule has 0 radical (unpaired) electrons. The smallest absolute Gasteiger partial charge is 0.341 e. The highest BCUT2D eigenvalue weighted by Crippen LogP contribution is 2.45. The zero-order chi connectivity index (χ0) is 90.5. The standard InChI is InChI=1S/C102H144O24/c1-7-13-19-25-31-37-43-115-85-55-79-50-74-62-93(123-69-99(107)108)81(57-87(74)117-45-39-33-27-21-15-9-3)52-76-64-95(125-71-101(111)112)83(59-89(76)119-47-41-35-29-23-17-11-5)54-78-66-96(126-72-102(113)114)84(60-90(78)120-48-42-36-30-24-18-12-6)53-77-65-94(124-70-100(109)110)82(58-88(77)118-46-40-34-28-22-16-10-4)51-75-63-92(122-68-98(105)106)80(49-73(85)61-91(79)121-67-97(103)104)56-86(75)116-44-38-32-26-20-14-8-2/h55-66H,7-54,67-72H2,1-6H3,(H,103,104)(H,105,106)(H,107,108)(H,109,110)(H,111,112)(H,113,114). The summed E-state index contributed by atoms with van der Waals surface area (Å²) in [4.78, 5) is 76.9. The number of benzene rings is 6. The molecule has 6 aromatic rings. The van der Waals surface area contributed by atoms with Crippen LogP contribution in [0, 0.1) is 0 Å². The highest BCUT2D eigenvalue weighted by atomic mass is 16.5. The first kappa shape index (κ1) is 103. The monoisotopic (exact) mass is 1750 g/mol. The summed E-state index contributed by atoms with van der Waals surface area (Å²) >= 11 is 0. The van der Waals surface area contributed by atoms with Gasteiger partial charge in [0.2, 0.25) is 0 Å². The molecule has 24 nitrogen and oxygen atoms in total. The first-order chi connectivity index (χ1) is 61.2. The van der Waals surface area contributed by atoms with Crippen molar-refractivity contribution in [3.05, 3.63) is 140 Å². The molecule has 0 spiro atoms. The first-order valence-electron chi connectivity index (χ1n) is 47.0. The second-order valence-electron chi connectivity index (χ2n) is 33.3. The lowest BCUT2D eigenvalue weighted by atomic mass is 9.92. The van der Waals surface area contributed by atoms with Gasteiger partial charge < -0.3 is 87.5 Å². The molecule has 0 aliphatic heterocycles. The summed E-state index contributed by atoms with van der Waals surface area (Å²) in [6, 6.07) is 21.3. The maximum absolute atomic E-state index is 12.8. The molecule has 0 amide bonds. The van der Waals surface area contributed by atoms with E-state index in [0.717, 1.165) is 193 Å². The number of rotatable bonds is 66. The van der Waals surface area contributed by atoms with Crippen LogP contribution in [-0.2, 0) is 67.3 Å². The number of carboxylic acid groups (broad SMARTS) is 6. The molecule has 0 fully saturated rings. The highest BCUT2D eigenvalue weighted by Gasteiger charge is 2.28. The molecule has 24 heteroatoms. The van der Waals surface area contributed by atoms with Crippen molar-refractivity contribution >= 4 is 35.8 Å². The Kier molecular flexibility index (Phi) is 48.7. The predicted molar refractivity (Wildman–Crippen MR) is 487 cm³/mol. The maximum Gasteiger partial charge on any atom is 0.341 e. The van der Waals surface area contributed by atoms with E-state index in [1.165, 1.54) is 0 Å². The van der Waals surface area contributed by atoms with Crippen molar-refractivity contribution in [1.82, 2.24) is 0 Å². The van der Waals surface area contributed by atoms with Gasteiger partial charge in [-0.15, -0.1) is 0 Å². The molecule has 22 rings (SSSR count). The van der Waals surface area contributed by atoms with E-state index in [1.54, 1.807) is 36.4 Å². The van der Waals surface area contributed by atoms with Crippen molar-refractivity contribution in [2.24, 2.45) is 0 Å². The minimum absolute atomic E-state index is 0.00953. The van der Waals surface area contributed by atoms with Crippen LogP contribution in [0.4, 0.5) is 0 Å². The summed E-state index contributed by atoms with van der Waals surface area (Å²) in [5.74, 6) is -4.18. The van der Waals surface area contributed by atoms with Gasteiger partial charge in [0, 0.05) is 105 Å². The Morgan fingerprint density at radius 2 is 0.278 bits per heavy atom. The van der Waals surface area contributed by atoms with Gasteiger partial charge in [-0.25, -0.2) is 28.8 Å². The van der Waals surface area contributed by atoms with Crippen LogP contribution < -0.4 is 56.8 Å². The van der Waals surface area contributed by atoms with Crippen LogP contribution in [0.5, 0.6) is 69.0 Å². The lowest BCUT2D eigenvalue weighted by Crippen LogP contribution is -2.14.